The number of carbonyl (C=O) groups is 1. The Balaban J connectivity index is 1.16. The number of hydrogen-bond donors (Lipinski definition) is 1. The summed E-state index contributed by atoms with van der Waals surface area (Å²) in [6.45, 7) is 2.74. The number of thioether (sulfide) groups is 1. The maximum atomic E-state index is 13.0. The third kappa shape index (κ3) is 5.69. The highest BCUT2D eigenvalue weighted by molar-refractivity contribution is 7.98. The molecule has 1 aliphatic rings. The minimum atomic E-state index is 0.0250. The van der Waals surface area contributed by atoms with E-state index in [9.17, 15) is 4.79 Å². The van der Waals surface area contributed by atoms with E-state index in [0.29, 0.717) is 0 Å². The summed E-state index contributed by atoms with van der Waals surface area (Å²) >= 11 is 1.82. The maximum Gasteiger partial charge on any atom is 0.228 e. The summed E-state index contributed by atoms with van der Waals surface area (Å²) in [5.74, 6) is 1.08. The lowest BCUT2D eigenvalue weighted by molar-refractivity contribution is -0.121. The summed E-state index contributed by atoms with van der Waals surface area (Å²) in [5, 5.41) is 5.74. The van der Waals surface area contributed by atoms with Gasteiger partial charge in [0.05, 0.1) is 5.92 Å². The average molecular weight is 467 g/mol. The standard InChI is InChI=1S/C30H30N2OS/c33-30(31-27-17-15-23(16-18-27)22-34-28-12-2-1-3-13-28)26-11-7-19-32(21-26)20-25-10-6-9-24-8-4-5-14-29(24)25/h1-6,8-10,12-18,26H,7,11,19-22H2,(H,31,33). The average Bonchev–Trinajstić information content (AvgIpc) is 2.89. The van der Waals surface area contributed by atoms with Crippen molar-refractivity contribution in [2.75, 3.05) is 18.4 Å². The van der Waals surface area contributed by atoms with Gasteiger partial charge >= 0.3 is 0 Å². The molecule has 4 heteroatoms. The molecule has 172 valence electrons. The van der Waals surface area contributed by atoms with Gasteiger partial charge < -0.3 is 5.32 Å². The number of likely N-dealkylation sites (tertiary alicyclic amines) is 1. The van der Waals surface area contributed by atoms with E-state index in [1.54, 1.807) is 0 Å². The normalized spacial score (nSPS) is 16.4. The Morgan fingerprint density at radius 3 is 2.50 bits per heavy atom. The lowest BCUT2D eigenvalue weighted by atomic mass is 9.96. The van der Waals surface area contributed by atoms with Crippen molar-refractivity contribution in [3.63, 3.8) is 0 Å². The van der Waals surface area contributed by atoms with Crippen LogP contribution in [0.5, 0.6) is 0 Å². The molecule has 0 aliphatic carbocycles. The van der Waals surface area contributed by atoms with E-state index in [0.717, 1.165) is 43.9 Å². The Hall–Kier alpha value is -3.08. The van der Waals surface area contributed by atoms with Crippen molar-refractivity contribution in [1.82, 2.24) is 4.90 Å². The summed E-state index contributed by atoms with van der Waals surface area (Å²) in [4.78, 5) is 16.7. The van der Waals surface area contributed by atoms with Crippen LogP contribution in [0.3, 0.4) is 0 Å². The summed E-state index contributed by atoms with van der Waals surface area (Å²) in [5.41, 5.74) is 3.47. The maximum absolute atomic E-state index is 13.0. The topological polar surface area (TPSA) is 32.3 Å². The molecule has 1 N–H and O–H groups in total. The number of nitrogens with one attached hydrogen (secondary N) is 1. The summed E-state index contributed by atoms with van der Waals surface area (Å²) < 4.78 is 0. The lowest BCUT2D eigenvalue weighted by Crippen LogP contribution is -2.40. The fourth-order valence-electron chi connectivity index (χ4n) is 4.70. The van der Waals surface area contributed by atoms with Crippen molar-refractivity contribution in [3.05, 3.63) is 108 Å². The van der Waals surface area contributed by atoms with Crippen molar-refractivity contribution in [2.45, 2.75) is 30.0 Å². The molecular weight excluding hydrogens is 436 g/mol. The molecule has 1 unspecified atom stereocenters. The third-order valence-corrected chi connectivity index (χ3v) is 7.60. The number of benzene rings is 4. The minimum absolute atomic E-state index is 0.0250. The quantitative estimate of drug-likeness (QED) is 0.298. The van der Waals surface area contributed by atoms with Crippen LogP contribution in [0.15, 0.2) is 102 Å². The molecule has 4 aromatic rings. The van der Waals surface area contributed by atoms with E-state index in [4.69, 9.17) is 0 Å². The summed E-state index contributed by atoms with van der Waals surface area (Å²) in [7, 11) is 0. The van der Waals surface area contributed by atoms with Gasteiger partial charge in [-0.15, -0.1) is 11.8 Å². The molecule has 1 heterocycles. The van der Waals surface area contributed by atoms with E-state index >= 15 is 0 Å². The van der Waals surface area contributed by atoms with Crippen LogP contribution in [0.25, 0.3) is 10.8 Å². The van der Waals surface area contributed by atoms with Gasteiger partial charge in [0.15, 0.2) is 0 Å². The number of fused-ring (bicyclic) bond motifs is 1. The van der Waals surface area contributed by atoms with E-state index in [-0.39, 0.29) is 11.8 Å². The highest BCUT2D eigenvalue weighted by atomic mass is 32.2. The van der Waals surface area contributed by atoms with Crippen LogP contribution in [0.2, 0.25) is 0 Å². The first-order valence-corrected chi connectivity index (χ1v) is 13.0. The van der Waals surface area contributed by atoms with Crippen molar-refractivity contribution in [3.8, 4) is 0 Å². The Labute approximate surface area is 206 Å². The van der Waals surface area contributed by atoms with Gasteiger partial charge in [0, 0.05) is 29.4 Å². The van der Waals surface area contributed by atoms with Crippen LogP contribution in [0.4, 0.5) is 5.69 Å². The molecule has 0 spiro atoms. The van der Waals surface area contributed by atoms with Crippen LogP contribution in [0, 0.1) is 5.92 Å². The molecule has 1 aliphatic heterocycles. The molecule has 0 bridgehead atoms. The summed E-state index contributed by atoms with van der Waals surface area (Å²) in [6, 6.07) is 33.8. The minimum Gasteiger partial charge on any atom is -0.326 e. The Morgan fingerprint density at radius 1 is 0.882 bits per heavy atom. The number of nitrogens with zero attached hydrogens (tertiary/aromatic N) is 1. The number of hydrogen-bond acceptors (Lipinski definition) is 3. The zero-order valence-electron chi connectivity index (χ0n) is 19.3. The van der Waals surface area contributed by atoms with Gasteiger partial charge in [-0.25, -0.2) is 0 Å². The first-order chi connectivity index (χ1) is 16.7. The van der Waals surface area contributed by atoms with Crippen molar-refractivity contribution >= 4 is 34.1 Å². The number of rotatable bonds is 7. The smallest absolute Gasteiger partial charge is 0.228 e. The third-order valence-electron chi connectivity index (χ3n) is 6.52. The van der Waals surface area contributed by atoms with Crippen LogP contribution in [0.1, 0.15) is 24.0 Å². The molecule has 3 nitrogen and oxygen atoms in total. The highest BCUT2D eigenvalue weighted by Crippen LogP contribution is 2.26. The summed E-state index contributed by atoms with van der Waals surface area (Å²) in [6.07, 6.45) is 2.00. The van der Waals surface area contributed by atoms with Crippen LogP contribution in [-0.2, 0) is 17.1 Å². The van der Waals surface area contributed by atoms with Crippen molar-refractivity contribution in [2.24, 2.45) is 5.92 Å². The molecule has 1 amide bonds. The van der Waals surface area contributed by atoms with E-state index < -0.39 is 0 Å². The molecule has 1 saturated heterocycles. The molecule has 34 heavy (non-hydrogen) atoms. The first-order valence-electron chi connectivity index (χ1n) is 12.0. The zero-order valence-corrected chi connectivity index (χ0v) is 20.1. The van der Waals surface area contributed by atoms with E-state index in [1.807, 2.05) is 30.0 Å². The fourth-order valence-corrected chi connectivity index (χ4v) is 5.57. The number of carbonyl (C=O) groups excluding carboxylic acids is 1. The van der Waals surface area contributed by atoms with Crippen LogP contribution >= 0.6 is 11.8 Å². The second-order valence-electron chi connectivity index (χ2n) is 9.00. The largest absolute Gasteiger partial charge is 0.326 e. The molecule has 0 radical (unpaired) electrons. The van der Waals surface area contributed by atoms with Gasteiger partial charge in [0.25, 0.3) is 0 Å². The molecule has 1 fully saturated rings. The monoisotopic (exact) mass is 466 g/mol. The Bertz CT molecular complexity index is 1230. The highest BCUT2D eigenvalue weighted by Gasteiger charge is 2.26. The fraction of sp³-hybridized carbons (Fsp3) is 0.233. The number of amides is 1. The second kappa shape index (κ2) is 10.9. The first kappa shape index (κ1) is 22.7. The van der Waals surface area contributed by atoms with Gasteiger partial charge in [-0.05, 0) is 65.6 Å². The predicted octanol–water partition coefficient (Wildman–Crippen LogP) is 6.98. The molecule has 1 atom stereocenters. The zero-order chi connectivity index (χ0) is 23.2. The molecule has 0 aromatic heterocycles. The van der Waals surface area contributed by atoms with E-state index in [1.165, 1.54) is 26.8 Å². The second-order valence-corrected chi connectivity index (χ2v) is 10.0. The SMILES string of the molecule is O=C(Nc1ccc(CSc2ccccc2)cc1)C1CCCN(Cc2cccc3ccccc23)C1. The van der Waals surface area contributed by atoms with Crippen molar-refractivity contribution < 1.29 is 4.79 Å². The predicted molar refractivity (Wildman–Crippen MR) is 143 cm³/mol. The van der Waals surface area contributed by atoms with Gasteiger partial charge in [-0.2, -0.15) is 0 Å². The Morgan fingerprint density at radius 2 is 1.65 bits per heavy atom. The number of piperidine rings is 1. The molecular formula is C30H30N2OS. The lowest BCUT2D eigenvalue weighted by Gasteiger charge is -2.32. The van der Waals surface area contributed by atoms with Gasteiger partial charge in [-0.1, -0.05) is 72.8 Å². The molecule has 5 rings (SSSR count). The van der Waals surface area contributed by atoms with Gasteiger partial charge in [-0.3, -0.25) is 9.69 Å². The van der Waals surface area contributed by atoms with E-state index in [2.05, 4.69) is 89.1 Å². The van der Waals surface area contributed by atoms with Crippen LogP contribution < -0.4 is 5.32 Å². The van der Waals surface area contributed by atoms with Gasteiger partial charge in [0.1, 0.15) is 0 Å². The van der Waals surface area contributed by atoms with Crippen LogP contribution in [-0.4, -0.2) is 23.9 Å². The van der Waals surface area contributed by atoms with Crippen molar-refractivity contribution in [1.29, 1.82) is 0 Å². The van der Waals surface area contributed by atoms with Gasteiger partial charge in [0.2, 0.25) is 5.91 Å². The Kier molecular flexibility index (Phi) is 7.28. The molecule has 0 saturated carbocycles. The number of anilines is 1. The molecule has 4 aromatic carbocycles.